The minimum Gasteiger partial charge on any atom is -0.478 e. The van der Waals surface area contributed by atoms with Crippen molar-refractivity contribution in [3.63, 3.8) is 0 Å². The van der Waals surface area contributed by atoms with Crippen LogP contribution in [0.1, 0.15) is 20.7 Å². The minimum atomic E-state index is -0.981. The number of benzene rings is 1. The number of carbonyl (C=O) groups excluding carboxylic acids is 2. The van der Waals surface area contributed by atoms with E-state index in [4.69, 9.17) is 16.6 Å². The van der Waals surface area contributed by atoms with E-state index in [0.717, 1.165) is 6.08 Å². The van der Waals surface area contributed by atoms with Crippen LogP contribution >= 0.6 is 0 Å². The second-order valence-corrected chi connectivity index (χ2v) is 2.82. The van der Waals surface area contributed by atoms with Gasteiger partial charge < -0.3 is 16.6 Å². The summed E-state index contributed by atoms with van der Waals surface area (Å²) < 4.78 is 0. The molecule has 0 radical (unpaired) electrons. The van der Waals surface area contributed by atoms with Crippen LogP contribution in [-0.2, 0) is 4.79 Å². The van der Waals surface area contributed by atoms with Crippen LogP contribution in [0.5, 0.6) is 0 Å². The second-order valence-electron chi connectivity index (χ2n) is 2.82. The average Bonchev–Trinajstić information content (AvgIpc) is 2.29. The normalized spacial score (nSPS) is 8.47. The van der Waals surface area contributed by atoms with Crippen LogP contribution in [0.25, 0.3) is 0 Å². The number of rotatable bonds is 3. The molecule has 0 saturated carbocycles. The van der Waals surface area contributed by atoms with Crippen molar-refractivity contribution in [3.05, 3.63) is 48.0 Å². The maximum atomic E-state index is 10.7. The van der Waals surface area contributed by atoms with Crippen molar-refractivity contribution in [1.29, 1.82) is 0 Å². The molecule has 6 heteroatoms. The zero-order valence-electron chi connectivity index (χ0n) is 8.92. The van der Waals surface area contributed by atoms with E-state index in [1.807, 2.05) is 0 Å². The molecule has 0 saturated heterocycles. The van der Waals surface area contributed by atoms with Crippen molar-refractivity contribution >= 4 is 17.8 Å². The Balaban J connectivity index is 0.000000437. The number of carboxylic acid groups (broad SMARTS) is 1. The van der Waals surface area contributed by atoms with E-state index in [0.29, 0.717) is 0 Å². The highest BCUT2D eigenvalue weighted by Crippen LogP contribution is 2.06. The van der Waals surface area contributed by atoms with Crippen molar-refractivity contribution in [1.82, 2.24) is 0 Å². The number of primary amides is 2. The summed E-state index contributed by atoms with van der Waals surface area (Å²) in [4.78, 5) is 30.7. The summed E-state index contributed by atoms with van der Waals surface area (Å²) in [5.41, 5.74) is 10.3. The molecule has 2 amide bonds. The Kier molecular flexibility index (Phi) is 5.73. The summed E-state index contributed by atoms with van der Waals surface area (Å²) in [6, 6.07) is 6.16. The van der Waals surface area contributed by atoms with Crippen LogP contribution in [0, 0.1) is 0 Å². The molecule has 0 spiro atoms. The van der Waals surface area contributed by atoms with Crippen molar-refractivity contribution < 1.29 is 19.5 Å². The maximum absolute atomic E-state index is 10.7. The van der Waals surface area contributed by atoms with E-state index in [-0.39, 0.29) is 11.1 Å². The Morgan fingerprint density at radius 3 is 1.53 bits per heavy atom. The molecule has 90 valence electrons. The summed E-state index contributed by atoms with van der Waals surface area (Å²) in [6.07, 6.45) is 0.833. The molecular formula is C11H12N2O4. The first kappa shape index (κ1) is 14.4. The fraction of sp³-hybridized carbons (Fsp3) is 0. The molecule has 0 aliphatic heterocycles. The molecule has 1 aromatic carbocycles. The summed E-state index contributed by atoms with van der Waals surface area (Å²) in [6.45, 7) is 2.96. The van der Waals surface area contributed by atoms with E-state index in [9.17, 15) is 14.4 Å². The van der Waals surface area contributed by atoms with Crippen LogP contribution in [0.3, 0.4) is 0 Å². The Bertz CT molecular complexity index is 422. The Morgan fingerprint density at radius 1 is 1.06 bits per heavy atom. The van der Waals surface area contributed by atoms with Crippen molar-refractivity contribution in [3.8, 4) is 0 Å². The summed E-state index contributed by atoms with van der Waals surface area (Å²) in [5, 5.41) is 7.60. The molecule has 0 fully saturated rings. The zero-order valence-corrected chi connectivity index (χ0v) is 8.92. The lowest BCUT2D eigenvalue weighted by atomic mass is 10.1. The number of aliphatic carboxylic acids is 1. The molecule has 0 bridgehead atoms. The summed E-state index contributed by atoms with van der Waals surface area (Å²) >= 11 is 0. The SMILES string of the molecule is C=CC(=O)O.NC(=O)c1ccccc1C(N)=O. The van der Waals surface area contributed by atoms with E-state index >= 15 is 0 Å². The van der Waals surface area contributed by atoms with Gasteiger partial charge in [-0.2, -0.15) is 0 Å². The molecule has 1 rings (SSSR count). The third-order valence-electron chi connectivity index (χ3n) is 1.63. The topological polar surface area (TPSA) is 123 Å². The first-order valence-electron chi connectivity index (χ1n) is 4.44. The van der Waals surface area contributed by atoms with Gasteiger partial charge in [-0.1, -0.05) is 18.7 Å². The lowest BCUT2D eigenvalue weighted by Gasteiger charge is -2.00. The highest BCUT2D eigenvalue weighted by atomic mass is 16.4. The number of nitrogens with two attached hydrogens (primary N) is 2. The van der Waals surface area contributed by atoms with Gasteiger partial charge in [-0.3, -0.25) is 9.59 Å². The fourth-order valence-electron chi connectivity index (χ4n) is 0.913. The zero-order chi connectivity index (χ0) is 13.4. The molecule has 17 heavy (non-hydrogen) atoms. The quantitative estimate of drug-likeness (QED) is 0.645. The molecule has 1 aromatic rings. The highest BCUT2D eigenvalue weighted by Gasteiger charge is 2.10. The monoisotopic (exact) mass is 236 g/mol. The van der Waals surface area contributed by atoms with Gasteiger partial charge >= 0.3 is 5.97 Å². The standard InChI is InChI=1S/C8H8N2O2.C3H4O2/c9-7(11)5-3-1-2-4-6(5)8(10)12;1-2-3(4)5/h1-4H,(H2,9,11)(H2,10,12);2H,1H2,(H,4,5). The van der Waals surface area contributed by atoms with Gasteiger partial charge in [-0.15, -0.1) is 0 Å². The van der Waals surface area contributed by atoms with Gasteiger partial charge in [0, 0.05) is 6.08 Å². The number of carboxylic acids is 1. The molecule has 0 heterocycles. The number of hydrogen-bond acceptors (Lipinski definition) is 3. The average molecular weight is 236 g/mol. The Morgan fingerprint density at radius 2 is 1.35 bits per heavy atom. The summed E-state index contributed by atoms with van der Waals surface area (Å²) in [5.74, 6) is -2.28. The number of amides is 2. The third-order valence-corrected chi connectivity index (χ3v) is 1.63. The van der Waals surface area contributed by atoms with E-state index < -0.39 is 17.8 Å². The Hall–Kier alpha value is -2.63. The number of carbonyl (C=O) groups is 3. The predicted octanol–water partition coefficient (Wildman–Crippen LogP) is 0.141. The first-order chi connectivity index (χ1) is 7.90. The van der Waals surface area contributed by atoms with E-state index in [2.05, 4.69) is 6.58 Å². The van der Waals surface area contributed by atoms with Gasteiger partial charge in [-0.25, -0.2) is 4.79 Å². The molecule has 6 nitrogen and oxygen atoms in total. The van der Waals surface area contributed by atoms with Gasteiger partial charge in [0.15, 0.2) is 0 Å². The lowest BCUT2D eigenvalue weighted by molar-refractivity contribution is -0.131. The molecule has 0 unspecified atom stereocenters. The first-order valence-corrected chi connectivity index (χ1v) is 4.44. The van der Waals surface area contributed by atoms with Gasteiger partial charge in [0.25, 0.3) is 0 Å². The van der Waals surface area contributed by atoms with Gasteiger partial charge in [0.2, 0.25) is 11.8 Å². The lowest BCUT2D eigenvalue weighted by Crippen LogP contribution is -2.20. The largest absolute Gasteiger partial charge is 0.478 e. The van der Waals surface area contributed by atoms with Crippen LogP contribution in [-0.4, -0.2) is 22.9 Å². The van der Waals surface area contributed by atoms with Crippen LogP contribution in [0.15, 0.2) is 36.9 Å². The fourth-order valence-corrected chi connectivity index (χ4v) is 0.913. The van der Waals surface area contributed by atoms with Gasteiger partial charge in [0.05, 0.1) is 11.1 Å². The second kappa shape index (κ2) is 6.78. The van der Waals surface area contributed by atoms with Crippen molar-refractivity contribution in [2.75, 3.05) is 0 Å². The van der Waals surface area contributed by atoms with Crippen LogP contribution < -0.4 is 11.5 Å². The molecule has 0 atom stereocenters. The molecule has 0 aliphatic rings. The minimum absolute atomic E-state index is 0.157. The van der Waals surface area contributed by atoms with Crippen molar-refractivity contribution in [2.24, 2.45) is 11.5 Å². The predicted molar refractivity (Wildman–Crippen MR) is 61.3 cm³/mol. The van der Waals surface area contributed by atoms with E-state index in [1.54, 1.807) is 12.1 Å². The number of hydrogen-bond donors (Lipinski definition) is 3. The molecule has 5 N–H and O–H groups in total. The van der Waals surface area contributed by atoms with Crippen LogP contribution in [0.2, 0.25) is 0 Å². The van der Waals surface area contributed by atoms with Crippen LogP contribution in [0.4, 0.5) is 0 Å². The third kappa shape index (κ3) is 5.12. The molecular weight excluding hydrogens is 224 g/mol. The van der Waals surface area contributed by atoms with Gasteiger partial charge in [-0.05, 0) is 12.1 Å². The van der Waals surface area contributed by atoms with E-state index in [1.165, 1.54) is 12.1 Å². The van der Waals surface area contributed by atoms with Crippen molar-refractivity contribution in [2.45, 2.75) is 0 Å². The smallest absolute Gasteiger partial charge is 0.327 e. The molecule has 0 aliphatic carbocycles. The van der Waals surface area contributed by atoms with Gasteiger partial charge in [0.1, 0.15) is 0 Å². The maximum Gasteiger partial charge on any atom is 0.327 e. The molecule has 0 aromatic heterocycles. The summed E-state index contributed by atoms with van der Waals surface area (Å²) in [7, 11) is 0. The highest BCUT2D eigenvalue weighted by molar-refractivity contribution is 6.06. The Labute approximate surface area is 97.5 Å².